The lowest BCUT2D eigenvalue weighted by molar-refractivity contribution is -0.110. The predicted octanol–water partition coefficient (Wildman–Crippen LogP) is 8.26. The third-order valence-electron chi connectivity index (χ3n) is 4.19. The molecule has 1 aliphatic rings. The summed E-state index contributed by atoms with van der Waals surface area (Å²) in [6, 6.07) is 6.58. The van der Waals surface area contributed by atoms with Crippen molar-refractivity contribution in [1.29, 1.82) is 0 Å². The molecule has 1 unspecified atom stereocenters. The molecule has 0 saturated carbocycles. The summed E-state index contributed by atoms with van der Waals surface area (Å²) in [5, 5.41) is 0. The Kier molecular flexibility index (Phi) is 13.6. The van der Waals surface area contributed by atoms with Crippen LogP contribution in [0.4, 0.5) is 5.69 Å². The number of ketones is 1. The summed E-state index contributed by atoms with van der Waals surface area (Å²) in [5.41, 5.74) is 3.28. The van der Waals surface area contributed by atoms with Gasteiger partial charge in [-0.15, -0.1) is 0 Å². The van der Waals surface area contributed by atoms with Gasteiger partial charge in [0.1, 0.15) is 0 Å². The van der Waals surface area contributed by atoms with Crippen molar-refractivity contribution in [3.8, 4) is 0 Å². The number of carbonyl (C=O) groups excluding carboxylic acids is 1. The number of rotatable bonds is 7. The van der Waals surface area contributed by atoms with Crippen LogP contribution in [0, 0.1) is 0 Å². The lowest BCUT2D eigenvalue weighted by Crippen LogP contribution is -2.03. The molecular weight excluding hydrogens is 350 g/mol. The Morgan fingerprint density at radius 2 is 1.89 bits per heavy atom. The van der Waals surface area contributed by atoms with Crippen molar-refractivity contribution >= 4 is 28.9 Å². The highest BCUT2D eigenvalue weighted by molar-refractivity contribution is 8.04. The van der Waals surface area contributed by atoms with Crippen molar-refractivity contribution in [1.82, 2.24) is 0 Å². The first-order valence-electron chi connectivity index (χ1n) is 10.3. The molecule has 0 fully saturated rings. The van der Waals surface area contributed by atoms with Crippen molar-refractivity contribution < 1.29 is 4.79 Å². The third kappa shape index (κ3) is 7.88. The van der Waals surface area contributed by atoms with Crippen LogP contribution in [0.2, 0.25) is 0 Å². The third-order valence-corrected chi connectivity index (χ3v) is 5.37. The number of aliphatic imine (C=N–C) groups is 1. The van der Waals surface area contributed by atoms with E-state index in [1.165, 1.54) is 30.9 Å². The summed E-state index contributed by atoms with van der Waals surface area (Å²) in [5.74, 6) is 0.533. The molecule has 2 rings (SSSR count). The molecule has 0 amide bonds. The van der Waals surface area contributed by atoms with E-state index in [1.807, 2.05) is 34.6 Å². The molecule has 0 radical (unpaired) electrons. The molecule has 1 aromatic rings. The van der Waals surface area contributed by atoms with Gasteiger partial charge in [0.15, 0.2) is 5.78 Å². The number of thioether (sulfide) groups is 1. The zero-order chi connectivity index (χ0) is 20.8. The minimum atomic E-state index is -0.0731. The van der Waals surface area contributed by atoms with Crippen molar-refractivity contribution in [3.05, 3.63) is 47.4 Å². The standard InChI is InChI=1S/C20H25NOS.2C2H6/c1-5-8-9-15(6-2)16-10-11-18-20(12-16)23-19(14(4)21-18)13-17(22)7-3;2*1-2/h7,10-13,15H,3,5-6,8-9H2,1-2,4H3;2*1-2H3/b19-13+;;. The van der Waals surface area contributed by atoms with E-state index in [2.05, 4.69) is 43.6 Å². The van der Waals surface area contributed by atoms with E-state index in [4.69, 9.17) is 0 Å². The number of nitrogens with zero attached hydrogens (tertiary/aromatic N) is 1. The fourth-order valence-electron chi connectivity index (χ4n) is 2.77. The molecule has 0 saturated heterocycles. The van der Waals surface area contributed by atoms with Crippen molar-refractivity contribution in [2.45, 2.75) is 85.0 Å². The predicted molar refractivity (Wildman–Crippen MR) is 124 cm³/mol. The Hall–Kier alpha value is -1.61. The average molecular weight is 388 g/mol. The molecule has 0 aliphatic carbocycles. The van der Waals surface area contributed by atoms with Gasteiger partial charge in [0, 0.05) is 15.9 Å². The number of hydrogen-bond acceptors (Lipinski definition) is 3. The molecule has 0 aromatic heterocycles. The van der Waals surface area contributed by atoms with Gasteiger partial charge in [-0.3, -0.25) is 9.79 Å². The number of carbonyl (C=O) groups is 1. The van der Waals surface area contributed by atoms with E-state index in [9.17, 15) is 4.79 Å². The number of unbranched alkanes of at least 4 members (excludes halogenated alkanes) is 1. The molecule has 27 heavy (non-hydrogen) atoms. The van der Waals surface area contributed by atoms with Crippen molar-refractivity contribution in [3.63, 3.8) is 0 Å². The number of fused-ring (bicyclic) bond motifs is 1. The van der Waals surface area contributed by atoms with Gasteiger partial charge < -0.3 is 0 Å². The molecule has 0 spiro atoms. The van der Waals surface area contributed by atoms with E-state index in [-0.39, 0.29) is 5.78 Å². The summed E-state index contributed by atoms with van der Waals surface area (Å²) < 4.78 is 0. The molecule has 0 N–H and O–H groups in total. The van der Waals surface area contributed by atoms with Crippen molar-refractivity contribution in [2.24, 2.45) is 4.99 Å². The molecule has 1 heterocycles. The number of hydrogen-bond donors (Lipinski definition) is 0. The monoisotopic (exact) mass is 387 g/mol. The highest BCUT2D eigenvalue weighted by Crippen LogP contribution is 2.42. The highest BCUT2D eigenvalue weighted by atomic mass is 32.2. The molecule has 0 bridgehead atoms. The summed E-state index contributed by atoms with van der Waals surface area (Å²) in [4.78, 5) is 18.3. The first-order chi connectivity index (χ1) is 13.1. The summed E-state index contributed by atoms with van der Waals surface area (Å²) >= 11 is 1.64. The molecular formula is C24H37NOS. The summed E-state index contributed by atoms with van der Waals surface area (Å²) in [6.45, 7) is 18.0. The zero-order valence-corrected chi connectivity index (χ0v) is 19.1. The van der Waals surface area contributed by atoms with Gasteiger partial charge in [0.25, 0.3) is 0 Å². The van der Waals surface area contributed by atoms with Crippen LogP contribution in [-0.2, 0) is 4.79 Å². The number of benzene rings is 1. The second kappa shape index (κ2) is 14.4. The maximum Gasteiger partial charge on any atom is 0.179 e. The Morgan fingerprint density at radius 1 is 1.22 bits per heavy atom. The van der Waals surface area contributed by atoms with Gasteiger partial charge >= 0.3 is 0 Å². The molecule has 150 valence electrons. The maximum atomic E-state index is 11.6. The summed E-state index contributed by atoms with van der Waals surface area (Å²) in [6.07, 6.45) is 7.85. The van der Waals surface area contributed by atoms with Gasteiger partial charge in [0.05, 0.1) is 11.4 Å². The largest absolute Gasteiger partial charge is 0.290 e. The second-order valence-electron chi connectivity index (χ2n) is 5.89. The Labute approximate surface area is 171 Å². The van der Waals surface area contributed by atoms with Gasteiger partial charge in [-0.1, -0.05) is 78.8 Å². The first kappa shape index (κ1) is 25.4. The van der Waals surface area contributed by atoms with E-state index >= 15 is 0 Å². The molecule has 2 nitrogen and oxygen atoms in total. The smallest absolute Gasteiger partial charge is 0.179 e. The quantitative estimate of drug-likeness (QED) is 0.441. The van der Waals surface area contributed by atoms with Crippen LogP contribution in [0.3, 0.4) is 0 Å². The topological polar surface area (TPSA) is 29.4 Å². The fraction of sp³-hybridized carbons (Fsp3) is 0.500. The second-order valence-corrected chi connectivity index (χ2v) is 6.97. The van der Waals surface area contributed by atoms with E-state index in [0.29, 0.717) is 5.92 Å². The molecule has 1 atom stereocenters. The van der Waals surface area contributed by atoms with Crippen LogP contribution in [0.15, 0.2) is 51.7 Å². The zero-order valence-electron chi connectivity index (χ0n) is 18.3. The van der Waals surface area contributed by atoms with E-state index in [1.54, 1.807) is 17.8 Å². The van der Waals surface area contributed by atoms with Crippen LogP contribution >= 0.6 is 11.8 Å². The molecule has 3 heteroatoms. The SMILES string of the molecule is C=CC(=O)/C=C1/Sc2cc(C(CC)CCCC)ccc2N=C1C.CC.CC. The maximum absolute atomic E-state index is 11.6. The van der Waals surface area contributed by atoms with Gasteiger partial charge in [-0.25, -0.2) is 0 Å². The normalized spacial score (nSPS) is 14.6. The van der Waals surface area contributed by atoms with Crippen LogP contribution < -0.4 is 0 Å². The fourth-order valence-corrected chi connectivity index (χ4v) is 3.78. The molecule has 1 aromatic carbocycles. The Morgan fingerprint density at radius 3 is 2.44 bits per heavy atom. The van der Waals surface area contributed by atoms with E-state index < -0.39 is 0 Å². The van der Waals surface area contributed by atoms with Crippen LogP contribution in [0.5, 0.6) is 0 Å². The molecule has 1 aliphatic heterocycles. The Bertz CT molecular complexity index is 658. The minimum Gasteiger partial charge on any atom is -0.290 e. The van der Waals surface area contributed by atoms with Crippen LogP contribution in [0.25, 0.3) is 0 Å². The van der Waals surface area contributed by atoms with Gasteiger partial charge in [0.2, 0.25) is 0 Å². The van der Waals surface area contributed by atoms with Crippen LogP contribution in [-0.4, -0.2) is 11.5 Å². The van der Waals surface area contributed by atoms with Gasteiger partial charge in [-0.05, 0) is 49.5 Å². The summed E-state index contributed by atoms with van der Waals surface area (Å²) in [7, 11) is 0. The van der Waals surface area contributed by atoms with Crippen LogP contribution in [0.1, 0.15) is 85.6 Å². The first-order valence-corrected chi connectivity index (χ1v) is 11.2. The van der Waals surface area contributed by atoms with Crippen molar-refractivity contribution in [2.75, 3.05) is 0 Å². The van der Waals surface area contributed by atoms with E-state index in [0.717, 1.165) is 27.6 Å². The minimum absolute atomic E-state index is 0.0731. The lowest BCUT2D eigenvalue weighted by Gasteiger charge is -2.20. The van der Waals surface area contributed by atoms with Gasteiger partial charge in [-0.2, -0.15) is 0 Å². The Balaban J connectivity index is 0.00000158. The lowest BCUT2D eigenvalue weighted by atomic mass is 9.91. The average Bonchev–Trinajstić information content (AvgIpc) is 2.72. The number of allylic oxidation sites excluding steroid dienone is 3. The highest BCUT2D eigenvalue weighted by Gasteiger charge is 2.18.